The fourth-order valence-corrected chi connectivity index (χ4v) is 5.49. The van der Waals surface area contributed by atoms with Gasteiger partial charge in [-0.05, 0) is 78.4 Å². The highest BCUT2D eigenvalue weighted by Crippen LogP contribution is 2.37. The van der Waals surface area contributed by atoms with Crippen LogP contribution in [0.5, 0.6) is 0 Å². The van der Waals surface area contributed by atoms with E-state index in [0.29, 0.717) is 17.9 Å². The van der Waals surface area contributed by atoms with Gasteiger partial charge in [0, 0.05) is 35.3 Å². The molecule has 2 aromatic carbocycles. The third-order valence-electron chi connectivity index (χ3n) is 7.08. The van der Waals surface area contributed by atoms with Gasteiger partial charge in [-0.3, -0.25) is 4.79 Å². The van der Waals surface area contributed by atoms with Gasteiger partial charge in [-0.15, -0.1) is 5.10 Å². The number of hydrogen-bond donors (Lipinski definition) is 1. The van der Waals surface area contributed by atoms with Gasteiger partial charge in [0.25, 0.3) is 5.56 Å². The molecule has 6 rings (SSSR count). The predicted octanol–water partition coefficient (Wildman–Crippen LogP) is 3.46. The Morgan fingerprint density at radius 3 is 2.94 bits per heavy atom. The first-order valence-electron chi connectivity index (χ1n) is 11.9. The first-order valence-corrected chi connectivity index (χ1v) is 11.9. The molecule has 0 radical (unpaired) electrons. The van der Waals surface area contributed by atoms with E-state index in [1.165, 1.54) is 5.56 Å². The van der Waals surface area contributed by atoms with Gasteiger partial charge in [0.15, 0.2) is 5.82 Å². The largest absolute Gasteiger partial charge is 0.376 e. The van der Waals surface area contributed by atoms with Crippen molar-refractivity contribution in [2.45, 2.75) is 51.8 Å². The SMILES string of the molecule is Cc1cc(C)c2cc([C@@H](c3nnnn3C[C@H]3CCCO3)N3CCc4ccccc43)c(=O)[nH]c2c1. The van der Waals surface area contributed by atoms with Crippen molar-refractivity contribution < 1.29 is 4.74 Å². The van der Waals surface area contributed by atoms with Crippen molar-refractivity contribution in [1.29, 1.82) is 0 Å². The molecule has 174 valence electrons. The second-order valence-corrected chi connectivity index (χ2v) is 9.43. The Kier molecular flexibility index (Phi) is 5.17. The first kappa shape index (κ1) is 21.0. The van der Waals surface area contributed by atoms with E-state index in [-0.39, 0.29) is 11.7 Å². The van der Waals surface area contributed by atoms with Crippen LogP contribution in [0.3, 0.4) is 0 Å². The summed E-state index contributed by atoms with van der Waals surface area (Å²) in [5.41, 5.74) is 6.05. The Morgan fingerprint density at radius 2 is 2.09 bits per heavy atom. The molecule has 8 nitrogen and oxygen atoms in total. The van der Waals surface area contributed by atoms with E-state index in [9.17, 15) is 4.79 Å². The molecule has 34 heavy (non-hydrogen) atoms. The quantitative estimate of drug-likeness (QED) is 0.495. The Morgan fingerprint density at radius 1 is 1.21 bits per heavy atom. The van der Waals surface area contributed by atoms with Crippen LogP contribution in [0.1, 0.15) is 47.0 Å². The smallest absolute Gasteiger partial charge is 0.254 e. The van der Waals surface area contributed by atoms with E-state index >= 15 is 0 Å². The fraction of sp³-hybridized carbons (Fsp3) is 0.385. The number of nitrogens with one attached hydrogen (secondary N) is 1. The second-order valence-electron chi connectivity index (χ2n) is 9.43. The molecule has 0 amide bonds. The summed E-state index contributed by atoms with van der Waals surface area (Å²) in [6, 6.07) is 14.2. The number of ether oxygens (including phenoxy) is 1. The molecule has 4 heterocycles. The standard InChI is InChI=1S/C26H28N6O2/c1-16-12-17(2)20-14-21(26(33)27-22(20)13-16)24(31-10-9-18-6-3-4-8-23(18)31)25-28-29-30-32(25)15-19-7-5-11-34-19/h3-4,6,8,12-14,19,24H,5,7,9-11,15H2,1-2H3,(H,27,33)/t19-,24+/m1/s1. The number of aromatic amines is 1. The molecule has 0 aliphatic carbocycles. The average Bonchev–Trinajstić information content (AvgIpc) is 3.57. The molecule has 4 aromatic rings. The highest BCUT2D eigenvalue weighted by atomic mass is 16.5. The Labute approximate surface area is 197 Å². The monoisotopic (exact) mass is 456 g/mol. The Balaban J connectivity index is 1.53. The molecule has 2 atom stereocenters. The van der Waals surface area contributed by atoms with Crippen LogP contribution in [-0.4, -0.2) is 44.4 Å². The molecule has 1 saturated heterocycles. The number of fused-ring (bicyclic) bond motifs is 2. The zero-order valence-electron chi connectivity index (χ0n) is 19.5. The van der Waals surface area contributed by atoms with Crippen LogP contribution in [0.15, 0.2) is 47.3 Å². The molecular weight excluding hydrogens is 428 g/mol. The van der Waals surface area contributed by atoms with E-state index in [1.54, 1.807) is 0 Å². The van der Waals surface area contributed by atoms with E-state index < -0.39 is 6.04 Å². The van der Waals surface area contributed by atoms with E-state index in [4.69, 9.17) is 4.74 Å². The molecule has 8 heteroatoms. The number of aromatic nitrogens is 5. The number of hydrogen-bond acceptors (Lipinski definition) is 6. The normalized spacial score (nSPS) is 18.5. The van der Waals surface area contributed by atoms with Gasteiger partial charge < -0.3 is 14.6 Å². The minimum Gasteiger partial charge on any atom is -0.376 e. The zero-order valence-corrected chi connectivity index (χ0v) is 19.5. The Hall–Kier alpha value is -3.52. The minimum absolute atomic E-state index is 0.0915. The van der Waals surface area contributed by atoms with E-state index in [0.717, 1.165) is 60.1 Å². The number of benzene rings is 2. The van der Waals surface area contributed by atoms with Gasteiger partial charge in [-0.25, -0.2) is 4.68 Å². The van der Waals surface area contributed by atoms with Gasteiger partial charge in [0.1, 0.15) is 6.04 Å². The molecule has 0 unspecified atom stereocenters. The number of para-hydroxylation sites is 1. The van der Waals surface area contributed by atoms with Crippen LogP contribution in [0, 0.1) is 13.8 Å². The number of tetrazole rings is 1. The molecule has 2 aliphatic heterocycles. The van der Waals surface area contributed by atoms with Crippen LogP contribution in [0.4, 0.5) is 5.69 Å². The molecule has 2 aliphatic rings. The molecule has 1 fully saturated rings. The van der Waals surface area contributed by atoms with Crippen molar-refractivity contribution in [3.8, 4) is 0 Å². The third kappa shape index (κ3) is 3.58. The maximum absolute atomic E-state index is 13.5. The van der Waals surface area contributed by atoms with Gasteiger partial charge in [0.05, 0.1) is 12.6 Å². The average molecular weight is 457 g/mol. The van der Waals surface area contributed by atoms with Crippen LogP contribution >= 0.6 is 0 Å². The first-order chi connectivity index (χ1) is 16.6. The van der Waals surface area contributed by atoms with Crippen molar-refractivity contribution in [3.05, 3.63) is 80.9 Å². The highest BCUT2D eigenvalue weighted by molar-refractivity contribution is 5.83. The van der Waals surface area contributed by atoms with Crippen molar-refractivity contribution in [3.63, 3.8) is 0 Å². The van der Waals surface area contributed by atoms with Crippen LogP contribution in [-0.2, 0) is 17.7 Å². The van der Waals surface area contributed by atoms with Crippen molar-refractivity contribution in [1.82, 2.24) is 25.2 Å². The summed E-state index contributed by atoms with van der Waals surface area (Å²) in [4.78, 5) is 18.9. The maximum Gasteiger partial charge on any atom is 0.254 e. The second kappa shape index (κ2) is 8.36. The summed E-state index contributed by atoms with van der Waals surface area (Å²) >= 11 is 0. The lowest BCUT2D eigenvalue weighted by molar-refractivity contribution is 0.0924. The number of anilines is 1. The fourth-order valence-electron chi connectivity index (χ4n) is 5.49. The summed E-state index contributed by atoms with van der Waals surface area (Å²) in [5.74, 6) is 0.668. The molecule has 0 bridgehead atoms. The summed E-state index contributed by atoms with van der Waals surface area (Å²) in [7, 11) is 0. The van der Waals surface area contributed by atoms with Gasteiger partial charge >= 0.3 is 0 Å². The number of aryl methyl sites for hydroxylation is 2. The summed E-state index contributed by atoms with van der Waals surface area (Å²) < 4.78 is 7.69. The number of pyridine rings is 1. The molecular formula is C26H28N6O2. The number of rotatable bonds is 5. The lowest BCUT2D eigenvalue weighted by Crippen LogP contribution is -2.35. The Bertz CT molecular complexity index is 1420. The lowest BCUT2D eigenvalue weighted by atomic mass is 10.00. The van der Waals surface area contributed by atoms with Crippen LogP contribution < -0.4 is 10.5 Å². The van der Waals surface area contributed by atoms with E-state index in [2.05, 4.69) is 56.6 Å². The van der Waals surface area contributed by atoms with Crippen molar-refractivity contribution in [2.75, 3.05) is 18.1 Å². The number of nitrogens with zero attached hydrogens (tertiary/aromatic N) is 5. The van der Waals surface area contributed by atoms with E-state index in [1.807, 2.05) is 29.8 Å². The zero-order chi connectivity index (χ0) is 23.2. The van der Waals surface area contributed by atoms with Gasteiger partial charge in [-0.1, -0.05) is 24.3 Å². The van der Waals surface area contributed by atoms with Gasteiger partial charge in [0.2, 0.25) is 0 Å². The minimum atomic E-state index is -0.408. The predicted molar refractivity (Wildman–Crippen MR) is 130 cm³/mol. The van der Waals surface area contributed by atoms with Crippen LogP contribution in [0.2, 0.25) is 0 Å². The topological polar surface area (TPSA) is 88.9 Å². The maximum atomic E-state index is 13.5. The van der Waals surface area contributed by atoms with Gasteiger partial charge in [-0.2, -0.15) is 0 Å². The third-order valence-corrected chi connectivity index (χ3v) is 7.08. The molecule has 1 N–H and O–H groups in total. The molecule has 0 saturated carbocycles. The summed E-state index contributed by atoms with van der Waals surface area (Å²) in [5, 5.41) is 13.8. The van der Waals surface area contributed by atoms with Crippen molar-refractivity contribution in [2.24, 2.45) is 0 Å². The number of H-pyrrole nitrogens is 1. The lowest BCUT2D eigenvalue weighted by Gasteiger charge is -2.30. The van der Waals surface area contributed by atoms with Crippen LogP contribution in [0.25, 0.3) is 10.9 Å². The molecule has 0 spiro atoms. The highest BCUT2D eigenvalue weighted by Gasteiger charge is 2.35. The van der Waals surface area contributed by atoms with Crippen molar-refractivity contribution >= 4 is 16.6 Å². The molecule has 2 aromatic heterocycles. The summed E-state index contributed by atoms with van der Waals surface area (Å²) in [6.45, 7) is 6.27. The summed E-state index contributed by atoms with van der Waals surface area (Å²) in [6.07, 6.45) is 3.05.